The van der Waals surface area contributed by atoms with Crippen molar-refractivity contribution < 1.29 is 0 Å². The van der Waals surface area contributed by atoms with Crippen molar-refractivity contribution in [3.8, 4) is 23.5 Å². The minimum atomic E-state index is 0.680. The molecule has 0 aliphatic carbocycles. The van der Waals surface area contributed by atoms with Crippen LogP contribution in [0.4, 0.5) is 0 Å². The summed E-state index contributed by atoms with van der Waals surface area (Å²) in [5.41, 5.74) is 1.44. The van der Waals surface area contributed by atoms with Crippen molar-refractivity contribution in [2.45, 2.75) is 0 Å². The third-order valence-corrected chi connectivity index (χ3v) is 1.23. The summed E-state index contributed by atoms with van der Waals surface area (Å²) in [4.78, 5) is 3.97. The Balaban J connectivity index is 3.00. The number of aromatic nitrogens is 1. The van der Waals surface area contributed by atoms with Crippen LogP contribution >= 0.6 is 12.6 Å². The van der Waals surface area contributed by atoms with Crippen molar-refractivity contribution in [3.63, 3.8) is 0 Å². The van der Waals surface area contributed by atoms with Gasteiger partial charge in [0.1, 0.15) is 5.69 Å². The molecule has 0 fully saturated rings. The maximum atomic E-state index is 5.13. The number of hydrogen-bond donors (Lipinski definition) is 1. The van der Waals surface area contributed by atoms with Gasteiger partial charge >= 0.3 is 0 Å². The molecule has 1 aromatic rings. The summed E-state index contributed by atoms with van der Waals surface area (Å²) in [5.74, 6) is 5.16. The number of thiol groups is 1. The van der Waals surface area contributed by atoms with Crippen LogP contribution in [0.25, 0.3) is 0 Å². The van der Waals surface area contributed by atoms with Crippen molar-refractivity contribution in [2.24, 2.45) is 0 Å². The molecule has 0 amide bonds. The lowest BCUT2D eigenvalue weighted by atomic mass is 10.3. The van der Waals surface area contributed by atoms with Gasteiger partial charge in [-0.15, -0.1) is 6.42 Å². The van der Waals surface area contributed by atoms with Crippen molar-refractivity contribution in [1.82, 2.24) is 4.98 Å². The van der Waals surface area contributed by atoms with Gasteiger partial charge in [0.2, 0.25) is 0 Å². The van der Waals surface area contributed by atoms with Crippen molar-refractivity contribution in [3.05, 3.63) is 29.6 Å². The molecule has 2 heteroatoms. The van der Waals surface area contributed by atoms with Crippen molar-refractivity contribution in [2.75, 3.05) is 0 Å². The Kier molecular flexibility index (Phi) is 2.60. The number of rotatable bonds is 0. The zero-order valence-corrected chi connectivity index (χ0v) is 6.60. The molecule has 0 atom stereocenters. The maximum Gasteiger partial charge on any atom is 0.114 e. The lowest BCUT2D eigenvalue weighted by Gasteiger charge is -1.88. The van der Waals surface area contributed by atoms with Crippen LogP contribution in [0.2, 0.25) is 0 Å². The van der Waals surface area contributed by atoms with E-state index in [9.17, 15) is 0 Å². The molecular formula is C9H5NS. The predicted octanol–water partition coefficient (Wildman–Crippen LogP) is 1.30. The van der Waals surface area contributed by atoms with Gasteiger partial charge < -0.3 is 0 Å². The third kappa shape index (κ3) is 2.04. The number of nitrogens with zero attached hydrogens (tertiary/aromatic N) is 1. The molecule has 0 saturated carbocycles. The van der Waals surface area contributed by atoms with E-state index in [-0.39, 0.29) is 0 Å². The van der Waals surface area contributed by atoms with Crippen LogP contribution in [-0.4, -0.2) is 4.98 Å². The van der Waals surface area contributed by atoms with E-state index in [1.165, 1.54) is 0 Å². The number of terminal acetylenes is 1. The molecule has 0 radical (unpaired) electrons. The summed E-state index contributed by atoms with van der Waals surface area (Å²) in [5, 5.41) is 2.45. The van der Waals surface area contributed by atoms with Crippen LogP contribution in [0.15, 0.2) is 18.3 Å². The van der Waals surface area contributed by atoms with Crippen LogP contribution in [-0.2, 0) is 0 Å². The van der Waals surface area contributed by atoms with E-state index in [2.05, 4.69) is 34.7 Å². The fourth-order valence-electron chi connectivity index (χ4n) is 0.610. The number of pyridine rings is 1. The molecule has 0 aliphatic rings. The Hall–Kier alpha value is -1.38. The first kappa shape index (κ1) is 7.72. The monoisotopic (exact) mass is 159 g/mol. The lowest BCUT2D eigenvalue weighted by molar-refractivity contribution is 1.28. The molecule has 1 nitrogen and oxygen atoms in total. The van der Waals surface area contributed by atoms with Crippen molar-refractivity contribution in [1.29, 1.82) is 0 Å². The minimum Gasteiger partial charge on any atom is -0.246 e. The average Bonchev–Trinajstić information content (AvgIpc) is 2.07. The highest BCUT2D eigenvalue weighted by Crippen LogP contribution is 1.96. The smallest absolute Gasteiger partial charge is 0.114 e. The van der Waals surface area contributed by atoms with Crippen LogP contribution < -0.4 is 0 Å². The van der Waals surface area contributed by atoms with Gasteiger partial charge in [-0.1, -0.05) is 18.5 Å². The third-order valence-electron chi connectivity index (χ3n) is 1.11. The van der Waals surface area contributed by atoms with Gasteiger partial charge in [-0.05, 0) is 23.3 Å². The fraction of sp³-hybridized carbons (Fsp3) is 0. The quantitative estimate of drug-likeness (QED) is 0.445. The molecule has 52 valence electrons. The standard InChI is InChI=1S/C9H5NS/c1-2-8-3-4-9(5-6-11)10-7-8/h1,3-4,7,11H. The van der Waals surface area contributed by atoms with E-state index in [1.54, 1.807) is 18.3 Å². The molecule has 11 heavy (non-hydrogen) atoms. The lowest BCUT2D eigenvalue weighted by Crippen LogP contribution is -1.81. The second-order valence-electron chi connectivity index (χ2n) is 1.81. The van der Waals surface area contributed by atoms with Gasteiger partial charge in [0.15, 0.2) is 0 Å². The number of hydrogen-bond acceptors (Lipinski definition) is 2. The van der Waals surface area contributed by atoms with Crippen LogP contribution in [0, 0.1) is 23.5 Å². The first-order valence-corrected chi connectivity index (χ1v) is 3.39. The predicted molar refractivity (Wildman–Crippen MR) is 48.0 cm³/mol. The van der Waals surface area contributed by atoms with E-state index in [0.717, 1.165) is 5.56 Å². The maximum absolute atomic E-state index is 5.13. The molecular weight excluding hydrogens is 154 g/mol. The van der Waals surface area contributed by atoms with Gasteiger partial charge in [0.05, 0.1) is 0 Å². The highest BCUT2D eigenvalue weighted by molar-refractivity contribution is 7.85. The Morgan fingerprint density at radius 3 is 2.73 bits per heavy atom. The zero-order chi connectivity index (χ0) is 8.10. The molecule has 1 rings (SSSR count). The molecule has 0 bridgehead atoms. The summed E-state index contributed by atoms with van der Waals surface area (Å²) in [7, 11) is 0. The zero-order valence-electron chi connectivity index (χ0n) is 5.70. The minimum absolute atomic E-state index is 0.680. The first-order chi connectivity index (χ1) is 5.36. The summed E-state index contributed by atoms with van der Waals surface area (Å²) in [6.45, 7) is 0. The summed E-state index contributed by atoms with van der Waals surface area (Å²) < 4.78 is 0. The van der Waals surface area contributed by atoms with Gasteiger partial charge in [-0.25, -0.2) is 4.98 Å². The second kappa shape index (κ2) is 3.71. The Morgan fingerprint density at radius 2 is 2.27 bits per heavy atom. The topological polar surface area (TPSA) is 12.9 Å². The van der Waals surface area contributed by atoms with Gasteiger partial charge in [0.25, 0.3) is 0 Å². The Morgan fingerprint density at radius 1 is 1.45 bits per heavy atom. The van der Waals surface area contributed by atoms with E-state index in [1.807, 2.05) is 0 Å². The molecule has 0 unspecified atom stereocenters. The normalized spacial score (nSPS) is 7.64. The molecule has 1 aromatic heterocycles. The average molecular weight is 159 g/mol. The molecule has 1 heterocycles. The van der Waals surface area contributed by atoms with Gasteiger partial charge in [-0.3, -0.25) is 0 Å². The summed E-state index contributed by atoms with van der Waals surface area (Å²) in [6.07, 6.45) is 6.74. The Bertz CT molecular complexity index is 335. The largest absolute Gasteiger partial charge is 0.246 e. The second-order valence-corrected chi connectivity index (χ2v) is 2.04. The van der Waals surface area contributed by atoms with E-state index >= 15 is 0 Å². The van der Waals surface area contributed by atoms with Crippen LogP contribution in [0.3, 0.4) is 0 Å². The molecule has 0 aromatic carbocycles. The van der Waals surface area contributed by atoms with E-state index in [0.29, 0.717) is 5.69 Å². The molecule has 0 aliphatic heterocycles. The molecule has 0 saturated heterocycles. The highest BCUT2D eigenvalue weighted by Gasteiger charge is 1.87. The summed E-state index contributed by atoms with van der Waals surface area (Å²) in [6, 6.07) is 3.55. The molecule has 0 spiro atoms. The summed E-state index contributed by atoms with van der Waals surface area (Å²) >= 11 is 3.74. The fourth-order valence-corrected chi connectivity index (χ4v) is 0.725. The highest BCUT2D eigenvalue weighted by atomic mass is 32.1. The van der Waals surface area contributed by atoms with E-state index in [4.69, 9.17) is 6.42 Å². The Labute approximate surface area is 71.3 Å². The van der Waals surface area contributed by atoms with Gasteiger partial charge in [0, 0.05) is 11.8 Å². The molecule has 0 N–H and O–H groups in total. The van der Waals surface area contributed by atoms with Crippen LogP contribution in [0.1, 0.15) is 11.3 Å². The van der Waals surface area contributed by atoms with Crippen molar-refractivity contribution >= 4 is 12.6 Å². The first-order valence-electron chi connectivity index (χ1n) is 2.94. The van der Waals surface area contributed by atoms with Gasteiger partial charge in [-0.2, -0.15) is 0 Å². The van der Waals surface area contributed by atoms with Crippen LogP contribution in [0.5, 0.6) is 0 Å². The SMILES string of the molecule is C#Cc1ccc(C#CS)nc1. The van der Waals surface area contributed by atoms with E-state index < -0.39 is 0 Å².